The Bertz CT molecular complexity index is 831. The summed E-state index contributed by atoms with van der Waals surface area (Å²) in [6.45, 7) is 2.15. The van der Waals surface area contributed by atoms with Crippen LogP contribution in [0.1, 0.15) is 25.1 Å². The number of nitrogens with one attached hydrogen (secondary N) is 1. The number of nitrogens with zero attached hydrogens (tertiary/aromatic N) is 3. The van der Waals surface area contributed by atoms with Gasteiger partial charge in [-0.15, -0.1) is 0 Å². The first-order valence-corrected chi connectivity index (χ1v) is 6.94. The molecule has 1 aliphatic rings. The number of aromatic nitrogens is 4. The fraction of sp³-hybridized carbons (Fsp3) is 0.267. The molecule has 21 heavy (non-hydrogen) atoms. The number of aromatic amines is 1. The van der Waals surface area contributed by atoms with Gasteiger partial charge in [-0.25, -0.2) is 4.68 Å². The molecule has 0 aliphatic heterocycles. The molecule has 0 saturated heterocycles. The lowest BCUT2D eigenvalue weighted by Gasteiger charge is -1.98. The molecule has 1 aliphatic carbocycles. The molecule has 2 unspecified atom stereocenters. The van der Waals surface area contributed by atoms with E-state index in [9.17, 15) is 4.79 Å². The van der Waals surface area contributed by atoms with Crippen LogP contribution >= 0.6 is 0 Å². The number of H-pyrrole nitrogens is 1. The first-order chi connectivity index (χ1) is 10.2. The summed E-state index contributed by atoms with van der Waals surface area (Å²) in [4.78, 5) is 16.8. The highest BCUT2D eigenvalue weighted by molar-refractivity contribution is 5.51. The van der Waals surface area contributed by atoms with Gasteiger partial charge >= 0.3 is 0 Å². The van der Waals surface area contributed by atoms with Crippen LogP contribution in [-0.4, -0.2) is 19.9 Å². The summed E-state index contributed by atoms with van der Waals surface area (Å²) >= 11 is 0. The summed E-state index contributed by atoms with van der Waals surface area (Å²) in [7, 11) is 0. The average Bonchev–Trinajstić information content (AvgIpc) is 2.91. The smallest absolute Gasteiger partial charge is 0.284 e. The highest BCUT2D eigenvalue weighted by Gasteiger charge is 2.38. The van der Waals surface area contributed by atoms with Crippen molar-refractivity contribution in [2.75, 3.05) is 0 Å². The number of para-hydroxylation sites is 1. The molecule has 2 aromatic heterocycles. The third kappa shape index (κ3) is 1.99. The third-order valence-corrected chi connectivity index (χ3v) is 3.90. The van der Waals surface area contributed by atoms with E-state index in [0.717, 1.165) is 12.1 Å². The maximum absolute atomic E-state index is 12.4. The van der Waals surface area contributed by atoms with Crippen molar-refractivity contribution in [2.45, 2.75) is 19.3 Å². The molecule has 1 saturated carbocycles. The highest BCUT2D eigenvalue weighted by atomic mass is 16.5. The van der Waals surface area contributed by atoms with E-state index in [0.29, 0.717) is 23.2 Å². The lowest BCUT2D eigenvalue weighted by Crippen LogP contribution is -2.15. The van der Waals surface area contributed by atoms with Crippen LogP contribution in [0.5, 0.6) is 0 Å². The van der Waals surface area contributed by atoms with Gasteiger partial charge in [-0.2, -0.15) is 4.98 Å². The zero-order valence-electron chi connectivity index (χ0n) is 11.5. The van der Waals surface area contributed by atoms with Crippen molar-refractivity contribution in [3.05, 3.63) is 52.7 Å². The largest absolute Gasteiger partial charge is 0.334 e. The van der Waals surface area contributed by atoms with Crippen LogP contribution < -0.4 is 5.56 Å². The van der Waals surface area contributed by atoms with Gasteiger partial charge in [0, 0.05) is 12.1 Å². The van der Waals surface area contributed by atoms with E-state index in [1.165, 1.54) is 4.68 Å². The van der Waals surface area contributed by atoms with Gasteiger partial charge in [-0.1, -0.05) is 30.3 Å². The number of hydrogen-bond donors (Lipinski definition) is 1. The molecular weight excluding hydrogens is 268 g/mol. The van der Waals surface area contributed by atoms with Gasteiger partial charge in [0.15, 0.2) is 5.82 Å². The normalized spacial score (nSPS) is 20.6. The van der Waals surface area contributed by atoms with E-state index in [4.69, 9.17) is 4.52 Å². The van der Waals surface area contributed by atoms with E-state index in [1.807, 2.05) is 30.3 Å². The van der Waals surface area contributed by atoms with Gasteiger partial charge in [0.05, 0.1) is 5.69 Å². The van der Waals surface area contributed by atoms with E-state index in [2.05, 4.69) is 22.2 Å². The van der Waals surface area contributed by atoms with Crippen LogP contribution in [0.3, 0.4) is 0 Å². The quantitative estimate of drug-likeness (QED) is 0.800. The number of rotatable bonds is 3. The monoisotopic (exact) mass is 282 g/mol. The summed E-state index contributed by atoms with van der Waals surface area (Å²) in [5.74, 6) is 1.95. The highest BCUT2D eigenvalue weighted by Crippen LogP contribution is 2.45. The van der Waals surface area contributed by atoms with E-state index >= 15 is 0 Å². The maximum atomic E-state index is 12.4. The molecule has 2 heterocycles. The van der Waals surface area contributed by atoms with Crippen LogP contribution in [0.2, 0.25) is 0 Å². The Labute approximate surface area is 120 Å². The maximum Gasteiger partial charge on any atom is 0.284 e. The molecule has 0 radical (unpaired) electrons. The second kappa shape index (κ2) is 4.44. The van der Waals surface area contributed by atoms with Crippen molar-refractivity contribution in [1.82, 2.24) is 19.9 Å². The molecule has 3 aromatic rings. The van der Waals surface area contributed by atoms with Crippen molar-refractivity contribution in [2.24, 2.45) is 5.92 Å². The van der Waals surface area contributed by atoms with Crippen molar-refractivity contribution >= 4 is 0 Å². The second-order valence-corrected chi connectivity index (χ2v) is 5.44. The Morgan fingerprint density at radius 3 is 2.81 bits per heavy atom. The lowest BCUT2D eigenvalue weighted by atomic mass is 10.3. The Kier molecular flexibility index (Phi) is 2.57. The molecule has 1 N–H and O–H groups in total. The molecule has 1 aromatic carbocycles. The zero-order chi connectivity index (χ0) is 14.4. The lowest BCUT2D eigenvalue weighted by molar-refractivity contribution is 0.421. The van der Waals surface area contributed by atoms with Crippen molar-refractivity contribution in [1.29, 1.82) is 0 Å². The van der Waals surface area contributed by atoms with Crippen molar-refractivity contribution in [3.63, 3.8) is 0 Å². The van der Waals surface area contributed by atoms with E-state index in [1.54, 1.807) is 6.20 Å². The number of hydrogen-bond acceptors (Lipinski definition) is 4. The molecule has 0 amide bonds. The summed E-state index contributed by atoms with van der Waals surface area (Å²) in [6, 6.07) is 9.36. The molecule has 0 spiro atoms. The Hall–Kier alpha value is -2.63. The molecule has 6 heteroatoms. The first kappa shape index (κ1) is 12.1. The predicted molar refractivity (Wildman–Crippen MR) is 76.2 cm³/mol. The zero-order valence-corrected chi connectivity index (χ0v) is 11.5. The summed E-state index contributed by atoms with van der Waals surface area (Å²) in [5.41, 5.74) is 0.968. The Morgan fingerprint density at radius 2 is 2.10 bits per heavy atom. The van der Waals surface area contributed by atoms with Gasteiger partial charge < -0.3 is 4.52 Å². The minimum atomic E-state index is -0.194. The van der Waals surface area contributed by atoms with Crippen molar-refractivity contribution in [3.8, 4) is 17.1 Å². The topological polar surface area (TPSA) is 76.7 Å². The fourth-order valence-corrected chi connectivity index (χ4v) is 2.47. The van der Waals surface area contributed by atoms with Crippen LogP contribution in [0.25, 0.3) is 17.1 Å². The molecule has 1 fully saturated rings. The molecule has 4 rings (SSSR count). The third-order valence-electron chi connectivity index (χ3n) is 3.90. The predicted octanol–water partition coefficient (Wildman–Crippen LogP) is 2.34. The van der Waals surface area contributed by atoms with Gasteiger partial charge in [0.25, 0.3) is 11.4 Å². The molecule has 2 atom stereocenters. The van der Waals surface area contributed by atoms with Gasteiger partial charge in [0.2, 0.25) is 0 Å². The summed E-state index contributed by atoms with van der Waals surface area (Å²) in [5, 5.41) is 6.91. The SMILES string of the molecule is CC1CC1c1noc(-c2c[nH]n(-c3ccccc3)c2=O)n1. The van der Waals surface area contributed by atoms with Crippen LogP contribution in [-0.2, 0) is 0 Å². The van der Waals surface area contributed by atoms with Gasteiger partial charge in [-0.05, 0) is 24.5 Å². The summed E-state index contributed by atoms with van der Waals surface area (Å²) < 4.78 is 6.69. The Morgan fingerprint density at radius 1 is 1.33 bits per heavy atom. The molecule has 6 nitrogen and oxygen atoms in total. The second-order valence-electron chi connectivity index (χ2n) is 5.44. The van der Waals surface area contributed by atoms with Crippen LogP contribution in [0, 0.1) is 5.92 Å². The minimum absolute atomic E-state index is 0.194. The van der Waals surface area contributed by atoms with Crippen molar-refractivity contribution < 1.29 is 4.52 Å². The van der Waals surface area contributed by atoms with E-state index in [-0.39, 0.29) is 11.4 Å². The number of benzene rings is 1. The van der Waals surface area contributed by atoms with Gasteiger partial charge in [-0.3, -0.25) is 9.89 Å². The Balaban J connectivity index is 1.72. The average molecular weight is 282 g/mol. The molecule has 0 bridgehead atoms. The standard InChI is InChI=1S/C15H14N4O2/c1-9-7-11(9)13-17-14(21-18-13)12-8-16-19(15(12)20)10-5-3-2-4-6-10/h2-6,8-9,11,16H,7H2,1H3. The van der Waals surface area contributed by atoms with Crippen LogP contribution in [0.4, 0.5) is 0 Å². The molecular formula is C15H14N4O2. The molecule has 106 valence electrons. The summed E-state index contributed by atoms with van der Waals surface area (Å²) in [6.07, 6.45) is 2.68. The first-order valence-electron chi connectivity index (χ1n) is 6.94. The fourth-order valence-electron chi connectivity index (χ4n) is 2.47. The van der Waals surface area contributed by atoms with E-state index < -0.39 is 0 Å². The van der Waals surface area contributed by atoms with Crippen LogP contribution in [0.15, 0.2) is 45.8 Å². The van der Waals surface area contributed by atoms with Gasteiger partial charge in [0.1, 0.15) is 5.56 Å². The minimum Gasteiger partial charge on any atom is -0.334 e.